The highest BCUT2D eigenvalue weighted by atomic mass is 19.4. The minimum absolute atomic E-state index is 0.120. The Morgan fingerprint density at radius 2 is 1.94 bits per heavy atom. The number of hydrogen-bond acceptors (Lipinski definition) is 2. The molecule has 0 radical (unpaired) electrons. The molecule has 0 aliphatic rings. The second-order valence-electron chi connectivity index (χ2n) is 3.65. The summed E-state index contributed by atoms with van der Waals surface area (Å²) in [5, 5.41) is 12.4. The van der Waals surface area contributed by atoms with E-state index < -0.39 is 24.2 Å². The van der Waals surface area contributed by atoms with E-state index in [1.807, 2.05) is 0 Å². The Kier molecular flexibility index (Phi) is 3.08. The lowest BCUT2D eigenvalue weighted by atomic mass is 10.2. The number of hydrogen-bond donors (Lipinski definition) is 1. The van der Waals surface area contributed by atoms with E-state index in [4.69, 9.17) is 5.11 Å². The Bertz CT molecular complexity index is 562. The van der Waals surface area contributed by atoms with Crippen LogP contribution in [0.3, 0.4) is 0 Å². The van der Waals surface area contributed by atoms with Crippen LogP contribution >= 0.6 is 0 Å². The van der Waals surface area contributed by atoms with Gasteiger partial charge in [-0.05, 0) is 23.8 Å². The van der Waals surface area contributed by atoms with Crippen molar-refractivity contribution in [1.82, 2.24) is 9.78 Å². The van der Waals surface area contributed by atoms with E-state index in [2.05, 4.69) is 5.10 Å². The lowest BCUT2D eigenvalue weighted by molar-refractivity contribution is -0.137. The quantitative estimate of drug-likeness (QED) is 0.842. The van der Waals surface area contributed by atoms with Crippen LogP contribution in [-0.2, 0) is 12.8 Å². The van der Waals surface area contributed by atoms with E-state index in [0.717, 1.165) is 23.0 Å². The first-order valence-electron chi connectivity index (χ1n) is 4.93. The van der Waals surface area contributed by atoms with Crippen LogP contribution in [0.25, 0.3) is 5.69 Å². The van der Waals surface area contributed by atoms with Gasteiger partial charge >= 0.3 is 6.18 Å². The van der Waals surface area contributed by atoms with Gasteiger partial charge in [-0.2, -0.15) is 18.3 Å². The average Bonchev–Trinajstić information content (AvgIpc) is 2.77. The summed E-state index contributed by atoms with van der Waals surface area (Å²) in [4.78, 5) is 0. The van der Waals surface area contributed by atoms with Gasteiger partial charge in [-0.1, -0.05) is 0 Å². The molecule has 1 heterocycles. The van der Waals surface area contributed by atoms with Crippen LogP contribution in [0.15, 0.2) is 30.6 Å². The number of aliphatic hydroxyl groups excluding tert-OH is 1. The van der Waals surface area contributed by atoms with Gasteiger partial charge in [0.2, 0.25) is 0 Å². The molecular formula is C11H8F4N2O. The summed E-state index contributed by atoms with van der Waals surface area (Å²) < 4.78 is 51.2. The van der Waals surface area contributed by atoms with Crippen molar-refractivity contribution in [3.63, 3.8) is 0 Å². The lowest BCUT2D eigenvalue weighted by Gasteiger charge is -2.05. The monoisotopic (exact) mass is 260 g/mol. The summed E-state index contributed by atoms with van der Waals surface area (Å²) in [7, 11) is 0. The van der Waals surface area contributed by atoms with Gasteiger partial charge in [0.25, 0.3) is 0 Å². The third kappa shape index (κ3) is 2.51. The number of aliphatic hydroxyl groups is 1. The van der Waals surface area contributed by atoms with Gasteiger partial charge in [-0.25, -0.2) is 9.07 Å². The Labute approximate surface area is 99.3 Å². The van der Waals surface area contributed by atoms with Crippen molar-refractivity contribution in [3.8, 4) is 5.69 Å². The number of nitrogens with zero attached hydrogens (tertiary/aromatic N) is 2. The zero-order valence-corrected chi connectivity index (χ0v) is 8.95. The summed E-state index contributed by atoms with van der Waals surface area (Å²) in [6, 6.07) is 3.49. The van der Waals surface area contributed by atoms with Gasteiger partial charge in [0.15, 0.2) is 0 Å². The molecule has 1 aromatic carbocycles. The molecule has 0 aliphatic heterocycles. The van der Waals surface area contributed by atoms with Crippen molar-refractivity contribution >= 4 is 0 Å². The van der Waals surface area contributed by atoms with E-state index in [1.54, 1.807) is 0 Å². The molecule has 2 aromatic rings. The first-order valence-corrected chi connectivity index (χ1v) is 4.93. The lowest BCUT2D eigenvalue weighted by Crippen LogP contribution is -2.03. The van der Waals surface area contributed by atoms with E-state index in [9.17, 15) is 17.6 Å². The fourth-order valence-corrected chi connectivity index (χ4v) is 1.47. The third-order valence-electron chi connectivity index (χ3n) is 2.30. The Morgan fingerprint density at radius 1 is 1.22 bits per heavy atom. The highest BCUT2D eigenvalue weighted by Crippen LogP contribution is 2.29. The van der Waals surface area contributed by atoms with Crippen LogP contribution < -0.4 is 0 Å². The molecule has 0 bridgehead atoms. The molecule has 0 unspecified atom stereocenters. The smallest absolute Gasteiger partial charge is 0.392 e. The molecule has 1 aromatic heterocycles. The fourth-order valence-electron chi connectivity index (χ4n) is 1.47. The number of aromatic nitrogens is 2. The zero-order valence-electron chi connectivity index (χ0n) is 8.95. The molecule has 0 aliphatic carbocycles. The molecular weight excluding hydrogens is 252 g/mol. The molecule has 1 N–H and O–H groups in total. The maximum atomic E-state index is 13.2. The normalized spacial score (nSPS) is 11.8. The second-order valence-corrected chi connectivity index (χ2v) is 3.65. The minimum Gasteiger partial charge on any atom is -0.392 e. The first kappa shape index (κ1) is 12.6. The molecule has 0 saturated carbocycles. The number of halogens is 4. The van der Waals surface area contributed by atoms with Gasteiger partial charge in [-0.15, -0.1) is 0 Å². The van der Waals surface area contributed by atoms with E-state index in [0.29, 0.717) is 6.20 Å². The van der Waals surface area contributed by atoms with Crippen LogP contribution in [0.4, 0.5) is 17.6 Å². The topological polar surface area (TPSA) is 38.0 Å². The van der Waals surface area contributed by atoms with E-state index in [1.165, 1.54) is 6.07 Å². The third-order valence-corrected chi connectivity index (χ3v) is 2.30. The summed E-state index contributed by atoms with van der Waals surface area (Å²) in [5.74, 6) is -0.652. The van der Waals surface area contributed by atoms with Crippen molar-refractivity contribution in [1.29, 1.82) is 0 Å². The largest absolute Gasteiger partial charge is 0.419 e. The van der Waals surface area contributed by atoms with Gasteiger partial charge in [0, 0.05) is 6.20 Å². The van der Waals surface area contributed by atoms with E-state index >= 15 is 0 Å². The van der Waals surface area contributed by atoms with E-state index in [-0.39, 0.29) is 11.3 Å². The van der Waals surface area contributed by atoms with Gasteiger partial charge in [0.1, 0.15) is 5.82 Å². The molecule has 0 amide bonds. The molecule has 0 fully saturated rings. The summed E-state index contributed by atoms with van der Waals surface area (Å²) in [6.45, 7) is -0.405. The molecule has 96 valence electrons. The standard InChI is InChI=1S/C11H8F4N2O/c12-9-1-7(6-18)2-10(3-9)17-5-8(4-16-17)11(13,14)15/h1-5,18H,6H2. The fraction of sp³-hybridized carbons (Fsp3) is 0.182. The van der Waals surface area contributed by atoms with Crippen LogP contribution in [0.5, 0.6) is 0 Å². The van der Waals surface area contributed by atoms with Crippen LogP contribution in [0.1, 0.15) is 11.1 Å². The minimum atomic E-state index is -4.49. The maximum absolute atomic E-state index is 13.2. The van der Waals surface area contributed by atoms with Crippen LogP contribution in [0.2, 0.25) is 0 Å². The molecule has 3 nitrogen and oxygen atoms in total. The first-order chi connectivity index (χ1) is 8.40. The Hall–Kier alpha value is -1.89. The Balaban J connectivity index is 2.43. The average molecular weight is 260 g/mol. The van der Waals surface area contributed by atoms with Gasteiger partial charge < -0.3 is 5.11 Å². The van der Waals surface area contributed by atoms with Crippen LogP contribution in [0, 0.1) is 5.82 Å². The van der Waals surface area contributed by atoms with Crippen molar-refractivity contribution in [2.75, 3.05) is 0 Å². The second kappa shape index (κ2) is 4.41. The highest BCUT2D eigenvalue weighted by Gasteiger charge is 2.32. The highest BCUT2D eigenvalue weighted by molar-refractivity contribution is 5.36. The van der Waals surface area contributed by atoms with Crippen molar-refractivity contribution < 1.29 is 22.7 Å². The van der Waals surface area contributed by atoms with Crippen molar-refractivity contribution in [2.24, 2.45) is 0 Å². The molecule has 7 heteroatoms. The molecule has 0 spiro atoms. The molecule has 18 heavy (non-hydrogen) atoms. The Morgan fingerprint density at radius 3 is 2.50 bits per heavy atom. The molecule has 2 rings (SSSR count). The van der Waals surface area contributed by atoms with Gasteiger partial charge in [-0.3, -0.25) is 0 Å². The summed E-state index contributed by atoms with van der Waals surface area (Å²) >= 11 is 0. The molecule has 0 atom stereocenters. The number of benzene rings is 1. The summed E-state index contributed by atoms with van der Waals surface area (Å²) in [6.07, 6.45) is -3.08. The predicted molar refractivity (Wildman–Crippen MR) is 54.4 cm³/mol. The zero-order chi connectivity index (χ0) is 13.3. The van der Waals surface area contributed by atoms with Gasteiger partial charge in [0.05, 0.1) is 24.1 Å². The maximum Gasteiger partial charge on any atom is 0.419 e. The number of rotatable bonds is 2. The van der Waals surface area contributed by atoms with Crippen molar-refractivity contribution in [3.05, 3.63) is 47.5 Å². The van der Waals surface area contributed by atoms with Crippen LogP contribution in [-0.4, -0.2) is 14.9 Å². The predicted octanol–water partition coefficient (Wildman–Crippen LogP) is 2.52. The SMILES string of the molecule is OCc1cc(F)cc(-n2cc(C(F)(F)F)cn2)c1. The summed E-state index contributed by atoms with van der Waals surface area (Å²) in [5.41, 5.74) is -0.541. The van der Waals surface area contributed by atoms with Crippen molar-refractivity contribution in [2.45, 2.75) is 12.8 Å². The number of alkyl halides is 3. The molecule has 0 saturated heterocycles.